The molecule has 0 unspecified atom stereocenters. The second kappa shape index (κ2) is 8.03. The van der Waals surface area contributed by atoms with Gasteiger partial charge in [-0.3, -0.25) is 14.5 Å². The number of hydrogen-bond acceptors (Lipinski definition) is 4. The van der Waals surface area contributed by atoms with Crippen LogP contribution in [0.15, 0.2) is 0 Å². The van der Waals surface area contributed by atoms with Crippen LogP contribution in [0.25, 0.3) is 0 Å². The molecule has 2 saturated carbocycles. The maximum atomic E-state index is 11.7. The van der Waals surface area contributed by atoms with Crippen molar-refractivity contribution in [2.45, 2.75) is 50.6 Å². The first-order valence-electron chi connectivity index (χ1n) is 7.82. The predicted octanol–water partition coefficient (Wildman–Crippen LogP) is 1.57. The highest BCUT2D eigenvalue weighted by molar-refractivity contribution is 7.98. The van der Waals surface area contributed by atoms with Gasteiger partial charge in [-0.05, 0) is 50.0 Å². The Kier molecular flexibility index (Phi) is 6.36. The quantitative estimate of drug-likeness (QED) is 0.599. The summed E-state index contributed by atoms with van der Waals surface area (Å²) in [5.41, 5.74) is 0. The lowest BCUT2D eigenvalue weighted by atomic mass is 9.85. The fraction of sp³-hybridized carbons (Fsp3) is 0.867. The summed E-state index contributed by atoms with van der Waals surface area (Å²) in [6.45, 7) is 1.04. The molecule has 0 bridgehead atoms. The third kappa shape index (κ3) is 5.87. The number of carbonyl (C=O) groups is 2. The van der Waals surface area contributed by atoms with Crippen LogP contribution in [0.1, 0.15) is 38.5 Å². The molecule has 2 aliphatic rings. The molecule has 0 aromatic heterocycles. The number of aliphatic carboxylic acids is 1. The van der Waals surface area contributed by atoms with Gasteiger partial charge in [-0.25, -0.2) is 0 Å². The molecule has 21 heavy (non-hydrogen) atoms. The van der Waals surface area contributed by atoms with Gasteiger partial charge < -0.3 is 10.4 Å². The number of nitrogens with zero attached hydrogens (tertiary/aromatic N) is 1. The number of carbonyl (C=O) groups excluding carboxylic acids is 1. The van der Waals surface area contributed by atoms with Gasteiger partial charge in [-0.15, -0.1) is 0 Å². The monoisotopic (exact) mass is 314 g/mol. The van der Waals surface area contributed by atoms with E-state index in [9.17, 15) is 9.59 Å². The Bertz CT molecular complexity index is 368. The van der Waals surface area contributed by atoms with Crippen molar-refractivity contribution in [1.29, 1.82) is 0 Å². The Morgan fingerprint density at radius 1 is 1.33 bits per heavy atom. The number of rotatable bonds is 10. The molecule has 0 spiro atoms. The summed E-state index contributed by atoms with van der Waals surface area (Å²) in [7, 11) is 0. The van der Waals surface area contributed by atoms with Crippen LogP contribution in [0.3, 0.4) is 0 Å². The van der Waals surface area contributed by atoms with Gasteiger partial charge >= 0.3 is 5.97 Å². The zero-order chi connectivity index (χ0) is 15.2. The van der Waals surface area contributed by atoms with Crippen LogP contribution in [-0.2, 0) is 9.59 Å². The summed E-state index contributed by atoms with van der Waals surface area (Å²) in [6, 6.07) is 0.575. The van der Waals surface area contributed by atoms with Crippen LogP contribution in [0.5, 0.6) is 0 Å². The first-order valence-corrected chi connectivity index (χ1v) is 9.22. The maximum absolute atomic E-state index is 11.7. The highest BCUT2D eigenvalue weighted by atomic mass is 32.2. The van der Waals surface area contributed by atoms with Gasteiger partial charge in [0.15, 0.2) is 0 Å². The maximum Gasteiger partial charge on any atom is 0.317 e. The standard InChI is InChI=1S/C15H26N2O3S/c1-21-6-2-3-14(18)16-12-7-13(8-12)17(10-15(19)20)9-11-4-5-11/h11-13H,2-10H2,1H3,(H,16,18)(H,19,20). The lowest BCUT2D eigenvalue weighted by molar-refractivity contribution is -0.140. The van der Waals surface area contributed by atoms with Crippen LogP contribution >= 0.6 is 11.8 Å². The van der Waals surface area contributed by atoms with Gasteiger partial charge in [0.1, 0.15) is 0 Å². The number of amides is 1. The number of thioether (sulfide) groups is 1. The summed E-state index contributed by atoms with van der Waals surface area (Å²) in [6.07, 6.45) is 7.84. The van der Waals surface area contributed by atoms with Crippen LogP contribution in [0.4, 0.5) is 0 Å². The van der Waals surface area contributed by atoms with E-state index in [4.69, 9.17) is 5.11 Å². The van der Waals surface area contributed by atoms with Crippen molar-refractivity contribution < 1.29 is 14.7 Å². The van der Waals surface area contributed by atoms with Crippen molar-refractivity contribution in [3.63, 3.8) is 0 Å². The molecule has 0 aromatic rings. The molecule has 0 saturated heterocycles. The molecule has 0 aliphatic heterocycles. The summed E-state index contributed by atoms with van der Waals surface area (Å²) < 4.78 is 0. The van der Waals surface area contributed by atoms with E-state index in [1.807, 2.05) is 6.26 Å². The zero-order valence-corrected chi connectivity index (χ0v) is 13.5. The topological polar surface area (TPSA) is 69.6 Å². The molecule has 0 atom stereocenters. The Balaban J connectivity index is 1.65. The van der Waals surface area contributed by atoms with Crippen molar-refractivity contribution >= 4 is 23.6 Å². The summed E-state index contributed by atoms with van der Waals surface area (Å²) in [5.74, 6) is 1.11. The molecule has 0 radical (unpaired) electrons. The first kappa shape index (κ1) is 16.6. The van der Waals surface area contributed by atoms with E-state index < -0.39 is 5.97 Å². The number of carboxylic acid groups (broad SMARTS) is 1. The molecule has 120 valence electrons. The Morgan fingerprint density at radius 2 is 2.05 bits per heavy atom. The molecule has 6 heteroatoms. The molecule has 2 fully saturated rings. The highest BCUT2D eigenvalue weighted by Crippen LogP contribution is 2.33. The average molecular weight is 314 g/mol. The molecular formula is C15H26N2O3S. The van der Waals surface area contributed by atoms with Gasteiger partial charge in [0, 0.05) is 25.0 Å². The van der Waals surface area contributed by atoms with Crippen molar-refractivity contribution in [2.24, 2.45) is 5.92 Å². The van der Waals surface area contributed by atoms with Gasteiger partial charge in [-0.1, -0.05) is 0 Å². The van der Waals surface area contributed by atoms with E-state index in [-0.39, 0.29) is 18.5 Å². The fourth-order valence-corrected chi connectivity index (χ4v) is 3.26. The smallest absolute Gasteiger partial charge is 0.317 e. The van der Waals surface area contributed by atoms with Crippen LogP contribution in [-0.4, -0.2) is 59.1 Å². The number of nitrogens with one attached hydrogen (secondary N) is 1. The predicted molar refractivity (Wildman–Crippen MR) is 84.5 cm³/mol. The zero-order valence-electron chi connectivity index (χ0n) is 12.7. The number of hydrogen-bond donors (Lipinski definition) is 2. The van der Waals surface area contributed by atoms with Gasteiger partial charge in [0.2, 0.25) is 5.91 Å². The SMILES string of the molecule is CSCCCC(=O)NC1CC(N(CC(=O)O)CC2CC2)C1. The van der Waals surface area contributed by atoms with Gasteiger partial charge in [0.05, 0.1) is 6.54 Å². The molecule has 5 nitrogen and oxygen atoms in total. The third-order valence-electron chi connectivity index (χ3n) is 4.27. The fourth-order valence-electron chi connectivity index (χ4n) is 2.83. The summed E-state index contributed by atoms with van der Waals surface area (Å²) >= 11 is 1.76. The second-order valence-corrected chi connectivity index (χ2v) is 7.24. The van der Waals surface area contributed by atoms with E-state index in [0.717, 1.165) is 31.6 Å². The summed E-state index contributed by atoms with van der Waals surface area (Å²) in [4.78, 5) is 24.8. The van der Waals surface area contributed by atoms with Gasteiger partial charge in [-0.2, -0.15) is 11.8 Å². The molecule has 0 heterocycles. The van der Waals surface area contributed by atoms with E-state index >= 15 is 0 Å². The minimum absolute atomic E-state index is 0.134. The lowest BCUT2D eigenvalue weighted by Gasteiger charge is -2.42. The minimum atomic E-state index is -0.750. The first-order chi connectivity index (χ1) is 10.1. The molecular weight excluding hydrogens is 288 g/mol. The van der Waals surface area contributed by atoms with Crippen molar-refractivity contribution in [3.05, 3.63) is 0 Å². The van der Waals surface area contributed by atoms with Crippen molar-refractivity contribution in [1.82, 2.24) is 10.2 Å². The molecule has 1 amide bonds. The van der Waals surface area contributed by atoms with E-state index in [2.05, 4.69) is 10.2 Å². The van der Waals surface area contributed by atoms with Crippen molar-refractivity contribution in [3.8, 4) is 0 Å². The number of carboxylic acids is 1. The Labute approximate surface area is 130 Å². The molecule has 2 N–H and O–H groups in total. The van der Waals surface area contributed by atoms with Crippen LogP contribution in [0.2, 0.25) is 0 Å². The van der Waals surface area contributed by atoms with E-state index in [1.54, 1.807) is 11.8 Å². The third-order valence-corrected chi connectivity index (χ3v) is 4.97. The molecule has 2 aliphatic carbocycles. The molecule has 0 aromatic carbocycles. The normalized spacial score (nSPS) is 24.7. The van der Waals surface area contributed by atoms with Crippen molar-refractivity contribution in [2.75, 3.05) is 25.1 Å². The lowest BCUT2D eigenvalue weighted by Crippen LogP contribution is -2.55. The average Bonchev–Trinajstić information content (AvgIpc) is 3.16. The Hall–Kier alpha value is -0.750. The largest absolute Gasteiger partial charge is 0.480 e. The van der Waals surface area contributed by atoms with Crippen LogP contribution in [0, 0.1) is 5.92 Å². The van der Waals surface area contributed by atoms with Gasteiger partial charge in [0.25, 0.3) is 0 Å². The second-order valence-electron chi connectivity index (χ2n) is 6.25. The van der Waals surface area contributed by atoms with Crippen LogP contribution < -0.4 is 5.32 Å². The highest BCUT2D eigenvalue weighted by Gasteiger charge is 2.37. The minimum Gasteiger partial charge on any atom is -0.480 e. The van der Waals surface area contributed by atoms with E-state index in [1.165, 1.54) is 12.8 Å². The van der Waals surface area contributed by atoms with E-state index in [0.29, 0.717) is 18.4 Å². The Morgan fingerprint density at radius 3 is 2.62 bits per heavy atom. The summed E-state index contributed by atoms with van der Waals surface area (Å²) in [5, 5.41) is 12.1. The molecule has 2 rings (SSSR count).